The molecule has 3 heteroatoms. The zero-order chi connectivity index (χ0) is 9.80. The smallest absolute Gasteiger partial charge is 0.299 e. The number of nitrogens with zero attached hydrogens (tertiary/aromatic N) is 2. The van der Waals surface area contributed by atoms with Gasteiger partial charge in [-0.05, 0) is 18.4 Å². The molecule has 0 aliphatic heterocycles. The average Bonchev–Trinajstić information content (AvgIpc) is 2.69. The van der Waals surface area contributed by atoms with Gasteiger partial charge in [-0.2, -0.15) is 0 Å². The maximum Gasteiger partial charge on any atom is 0.347 e. The van der Waals surface area contributed by atoms with E-state index in [4.69, 9.17) is 0 Å². The van der Waals surface area contributed by atoms with Crippen LogP contribution in [0.5, 0.6) is 0 Å². The SMILES string of the molecule is O=c1ncccn1CCC1CCCC1. The van der Waals surface area contributed by atoms with Crippen molar-refractivity contribution < 1.29 is 0 Å². The Hall–Kier alpha value is -1.12. The van der Waals surface area contributed by atoms with Crippen molar-refractivity contribution in [1.29, 1.82) is 0 Å². The van der Waals surface area contributed by atoms with Gasteiger partial charge >= 0.3 is 5.69 Å². The van der Waals surface area contributed by atoms with Gasteiger partial charge in [0, 0.05) is 18.9 Å². The standard InChI is InChI=1S/C11H16N2O/c14-11-12-7-3-8-13(11)9-6-10-4-1-2-5-10/h3,7-8,10H,1-2,4-6,9H2. The van der Waals surface area contributed by atoms with Gasteiger partial charge in [0.2, 0.25) is 0 Å². The highest BCUT2D eigenvalue weighted by atomic mass is 16.1. The van der Waals surface area contributed by atoms with Gasteiger partial charge in [0.05, 0.1) is 0 Å². The van der Waals surface area contributed by atoms with Crippen LogP contribution in [0.25, 0.3) is 0 Å². The van der Waals surface area contributed by atoms with E-state index in [1.807, 2.05) is 12.3 Å². The van der Waals surface area contributed by atoms with Gasteiger partial charge in [0.1, 0.15) is 0 Å². The van der Waals surface area contributed by atoms with Gasteiger partial charge in [-0.15, -0.1) is 0 Å². The van der Waals surface area contributed by atoms with Crippen molar-refractivity contribution in [3.05, 3.63) is 28.9 Å². The third-order valence-corrected chi connectivity index (χ3v) is 3.04. The fourth-order valence-electron chi connectivity index (χ4n) is 2.18. The van der Waals surface area contributed by atoms with Gasteiger partial charge in [-0.1, -0.05) is 25.7 Å². The van der Waals surface area contributed by atoms with Crippen LogP contribution in [0, 0.1) is 5.92 Å². The lowest BCUT2D eigenvalue weighted by Gasteiger charge is -2.09. The maximum absolute atomic E-state index is 11.3. The first-order chi connectivity index (χ1) is 6.86. The van der Waals surface area contributed by atoms with Crippen LogP contribution in [0.15, 0.2) is 23.3 Å². The summed E-state index contributed by atoms with van der Waals surface area (Å²) < 4.78 is 1.71. The second-order valence-electron chi connectivity index (χ2n) is 4.03. The molecule has 0 unspecified atom stereocenters. The number of hydrogen-bond donors (Lipinski definition) is 0. The van der Waals surface area contributed by atoms with Crippen molar-refractivity contribution in [2.45, 2.75) is 38.6 Å². The van der Waals surface area contributed by atoms with Gasteiger partial charge in [-0.25, -0.2) is 9.78 Å². The second kappa shape index (κ2) is 4.40. The lowest BCUT2D eigenvalue weighted by Crippen LogP contribution is -2.22. The van der Waals surface area contributed by atoms with Crippen LogP contribution < -0.4 is 5.69 Å². The van der Waals surface area contributed by atoms with E-state index in [9.17, 15) is 4.79 Å². The first-order valence-corrected chi connectivity index (χ1v) is 5.38. The molecule has 0 aromatic carbocycles. The molecule has 76 valence electrons. The predicted octanol–water partition coefficient (Wildman–Crippen LogP) is 1.82. The first kappa shape index (κ1) is 9.44. The summed E-state index contributed by atoms with van der Waals surface area (Å²) in [7, 11) is 0. The number of aromatic nitrogens is 2. The van der Waals surface area contributed by atoms with Crippen LogP contribution in [0.1, 0.15) is 32.1 Å². The summed E-state index contributed by atoms with van der Waals surface area (Å²) in [5.74, 6) is 0.835. The lowest BCUT2D eigenvalue weighted by atomic mass is 10.0. The molecule has 14 heavy (non-hydrogen) atoms. The number of hydrogen-bond acceptors (Lipinski definition) is 2. The topological polar surface area (TPSA) is 34.9 Å². The van der Waals surface area contributed by atoms with E-state index >= 15 is 0 Å². The van der Waals surface area contributed by atoms with E-state index in [0.29, 0.717) is 0 Å². The molecular weight excluding hydrogens is 176 g/mol. The Morgan fingerprint density at radius 3 is 2.93 bits per heavy atom. The molecule has 1 aromatic rings. The highest BCUT2D eigenvalue weighted by molar-refractivity contribution is 4.81. The molecule has 1 aliphatic carbocycles. The minimum absolute atomic E-state index is 0.120. The molecule has 0 amide bonds. The molecule has 0 atom stereocenters. The number of rotatable bonds is 3. The Balaban J connectivity index is 1.91. The Labute approximate surface area is 83.8 Å². The summed E-state index contributed by atoms with van der Waals surface area (Å²) in [5.41, 5.74) is -0.120. The molecular formula is C11H16N2O. The van der Waals surface area contributed by atoms with E-state index in [1.165, 1.54) is 25.7 Å². The van der Waals surface area contributed by atoms with Crippen molar-refractivity contribution >= 4 is 0 Å². The third-order valence-electron chi connectivity index (χ3n) is 3.04. The van der Waals surface area contributed by atoms with Crippen LogP contribution >= 0.6 is 0 Å². The Kier molecular flexibility index (Phi) is 2.96. The van der Waals surface area contributed by atoms with E-state index in [0.717, 1.165) is 18.9 Å². The lowest BCUT2D eigenvalue weighted by molar-refractivity contribution is 0.450. The molecule has 1 saturated carbocycles. The summed E-state index contributed by atoms with van der Waals surface area (Å²) >= 11 is 0. The van der Waals surface area contributed by atoms with Crippen molar-refractivity contribution in [2.24, 2.45) is 5.92 Å². The Morgan fingerprint density at radius 2 is 2.21 bits per heavy atom. The van der Waals surface area contributed by atoms with E-state index in [1.54, 1.807) is 10.8 Å². The third kappa shape index (κ3) is 2.22. The minimum Gasteiger partial charge on any atom is -0.299 e. The van der Waals surface area contributed by atoms with Gasteiger partial charge in [0.25, 0.3) is 0 Å². The zero-order valence-electron chi connectivity index (χ0n) is 8.35. The normalized spacial score (nSPS) is 17.4. The molecule has 1 aliphatic rings. The largest absolute Gasteiger partial charge is 0.347 e. The molecule has 0 N–H and O–H groups in total. The van der Waals surface area contributed by atoms with Crippen LogP contribution in [-0.2, 0) is 6.54 Å². The van der Waals surface area contributed by atoms with Crippen LogP contribution in [0.2, 0.25) is 0 Å². The van der Waals surface area contributed by atoms with E-state index in [2.05, 4.69) is 4.98 Å². The molecule has 3 nitrogen and oxygen atoms in total. The first-order valence-electron chi connectivity index (χ1n) is 5.38. The monoisotopic (exact) mass is 192 g/mol. The van der Waals surface area contributed by atoms with Gasteiger partial charge < -0.3 is 0 Å². The summed E-state index contributed by atoms with van der Waals surface area (Å²) in [4.78, 5) is 15.0. The van der Waals surface area contributed by atoms with Crippen molar-refractivity contribution in [3.63, 3.8) is 0 Å². The van der Waals surface area contributed by atoms with Gasteiger partial charge in [-0.3, -0.25) is 4.57 Å². The summed E-state index contributed by atoms with van der Waals surface area (Å²) in [6.45, 7) is 0.831. The maximum atomic E-state index is 11.3. The summed E-state index contributed by atoms with van der Waals surface area (Å²) in [6, 6.07) is 1.82. The molecule has 1 aromatic heterocycles. The Bertz CT molecular complexity index is 339. The van der Waals surface area contributed by atoms with E-state index < -0.39 is 0 Å². The molecule has 2 rings (SSSR count). The van der Waals surface area contributed by atoms with Crippen LogP contribution in [0.4, 0.5) is 0 Å². The highest BCUT2D eigenvalue weighted by Crippen LogP contribution is 2.27. The minimum atomic E-state index is -0.120. The molecule has 0 radical (unpaired) electrons. The highest BCUT2D eigenvalue weighted by Gasteiger charge is 2.14. The zero-order valence-corrected chi connectivity index (χ0v) is 8.35. The average molecular weight is 192 g/mol. The molecule has 0 bridgehead atoms. The number of aryl methyl sites for hydroxylation is 1. The fourth-order valence-corrected chi connectivity index (χ4v) is 2.18. The Morgan fingerprint density at radius 1 is 1.43 bits per heavy atom. The summed E-state index contributed by atoms with van der Waals surface area (Å²) in [5, 5.41) is 0. The van der Waals surface area contributed by atoms with Crippen LogP contribution in [-0.4, -0.2) is 9.55 Å². The van der Waals surface area contributed by atoms with Crippen molar-refractivity contribution in [1.82, 2.24) is 9.55 Å². The van der Waals surface area contributed by atoms with Gasteiger partial charge in [0.15, 0.2) is 0 Å². The molecule has 1 heterocycles. The predicted molar refractivity (Wildman–Crippen MR) is 55.1 cm³/mol. The molecule has 0 saturated heterocycles. The van der Waals surface area contributed by atoms with Crippen LogP contribution in [0.3, 0.4) is 0 Å². The summed E-state index contributed by atoms with van der Waals surface area (Å²) in [6.07, 6.45) is 9.92. The van der Waals surface area contributed by atoms with Crippen molar-refractivity contribution in [3.8, 4) is 0 Å². The molecule has 0 spiro atoms. The fraction of sp³-hybridized carbons (Fsp3) is 0.636. The van der Waals surface area contributed by atoms with E-state index in [-0.39, 0.29) is 5.69 Å². The quantitative estimate of drug-likeness (QED) is 0.732. The molecule has 1 fully saturated rings. The second-order valence-corrected chi connectivity index (χ2v) is 4.03. The van der Waals surface area contributed by atoms with Crippen molar-refractivity contribution in [2.75, 3.05) is 0 Å².